The molecule has 1 saturated heterocycles. The molecule has 1 aliphatic heterocycles. The highest BCUT2D eigenvalue weighted by molar-refractivity contribution is 7.91. The van der Waals surface area contributed by atoms with Crippen molar-refractivity contribution in [1.29, 1.82) is 0 Å². The van der Waals surface area contributed by atoms with Crippen molar-refractivity contribution in [2.75, 3.05) is 23.4 Å². The van der Waals surface area contributed by atoms with Crippen molar-refractivity contribution in [2.24, 2.45) is 0 Å². The third kappa shape index (κ3) is 5.94. The van der Waals surface area contributed by atoms with E-state index in [1.807, 2.05) is 0 Å². The van der Waals surface area contributed by atoms with Crippen LogP contribution >= 0.6 is 19.2 Å². The lowest BCUT2D eigenvalue weighted by Gasteiger charge is -2.31. The summed E-state index contributed by atoms with van der Waals surface area (Å²) in [4.78, 5) is 28.0. The number of sulfone groups is 1. The van der Waals surface area contributed by atoms with Crippen LogP contribution in [0.2, 0.25) is 5.28 Å². The van der Waals surface area contributed by atoms with Gasteiger partial charge in [0.25, 0.3) is 0 Å². The van der Waals surface area contributed by atoms with Crippen LogP contribution < -0.4 is 5.32 Å². The Morgan fingerprint density at radius 2 is 1.95 bits per heavy atom. The number of rotatable bonds is 10. The molecular formula is C20H31ClN5O9PS. The molecule has 4 rings (SSSR count). The first kappa shape index (κ1) is 28.6. The molecule has 17 heteroatoms. The van der Waals surface area contributed by atoms with Crippen molar-refractivity contribution in [3.05, 3.63) is 11.5 Å². The fourth-order valence-corrected chi connectivity index (χ4v) is 7.28. The molecule has 14 nitrogen and oxygen atoms in total. The number of fused-ring (bicyclic) bond motifs is 1. The summed E-state index contributed by atoms with van der Waals surface area (Å²) in [7, 11) is -8.90. The van der Waals surface area contributed by atoms with E-state index >= 15 is 0 Å². The van der Waals surface area contributed by atoms with E-state index in [-0.39, 0.29) is 22.7 Å². The van der Waals surface area contributed by atoms with Crippen molar-refractivity contribution < 1.29 is 42.5 Å². The van der Waals surface area contributed by atoms with Crippen LogP contribution in [0.3, 0.4) is 0 Å². The Kier molecular flexibility index (Phi) is 8.21. The fourth-order valence-electron chi connectivity index (χ4n) is 4.51. The molecule has 2 aromatic rings. The highest BCUT2D eigenvalue weighted by Gasteiger charge is 2.50. The van der Waals surface area contributed by atoms with Gasteiger partial charge in [0.15, 0.2) is 27.1 Å². The van der Waals surface area contributed by atoms with E-state index in [1.54, 1.807) is 0 Å². The summed E-state index contributed by atoms with van der Waals surface area (Å²) >= 11 is 6.15. The third-order valence-corrected chi connectivity index (χ3v) is 10.6. The molecule has 2 aliphatic rings. The van der Waals surface area contributed by atoms with Crippen LogP contribution in [0.5, 0.6) is 0 Å². The lowest BCUT2D eigenvalue weighted by Crippen LogP contribution is -2.42. The average Bonchev–Trinajstić information content (AvgIpc) is 3.53. The first-order valence-corrected chi connectivity index (χ1v) is 15.6. The quantitative estimate of drug-likeness (QED) is 0.194. The predicted octanol–water partition coefficient (Wildman–Crippen LogP) is 0.799. The maximum Gasteiger partial charge on any atom is 0.357 e. The van der Waals surface area contributed by atoms with Crippen molar-refractivity contribution in [3.63, 3.8) is 0 Å². The summed E-state index contributed by atoms with van der Waals surface area (Å²) in [5.41, 5.74) is 0.243. The van der Waals surface area contributed by atoms with Gasteiger partial charge in [-0.25, -0.2) is 13.1 Å². The number of aliphatic hydroxyl groups is 2. The molecule has 2 aromatic heterocycles. The summed E-state index contributed by atoms with van der Waals surface area (Å²) in [6.07, 6.45) is 0.108. The zero-order valence-electron chi connectivity index (χ0n) is 20.3. The van der Waals surface area contributed by atoms with E-state index in [0.717, 1.165) is 32.6 Å². The predicted molar refractivity (Wildman–Crippen MR) is 133 cm³/mol. The Labute approximate surface area is 218 Å². The minimum Gasteiger partial charge on any atom is -0.387 e. The lowest BCUT2D eigenvalue weighted by molar-refractivity contribution is -0.0899. The smallest absolute Gasteiger partial charge is 0.357 e. The molecule has 5 N–H and O–H groups in total. The zero-order chi connectivity index (χ0) is 27.2. The molecule has 208 valence electrons. The van der Waals surface area contributed by atoms with Gasteiger partial charge in [0, 0.05) is 11.8 Å². The topological polar surface area (TPSA) is 206 Å². The number of hydrogen-bond donors (Lipinski definition) is 5. The van der Waals surface area contributed by atoms with Crippen LogP contribution in [0.1, 0.15) is 45.8 Å². The van der Waals surface area contributed by atoms with Crippen molar-refractivity contribution >= 4 is 45.9 Å². The molecule has 37 heavy (non-hydrogen) atoms. The number of nitrogens with zero attached hydrogens (tertiary/aromatic N) is 4. The minimum atomic E-state index is -5.07. The fraction of sp³-hybridized carbons (Fsp3) is 0.750. The standard InChI is InChI=1S/C20H31ClN5O9PS/c1-3-37(32,33)10-20(2,36(29,30)31)34-9-13-14(27)15(28)18(35-13)26-17-12(8-22-26)16(24-19(21)25-17)23-11-6-4-5-7-11/h8,11,13-15,18,27-28H,3-7,9-10H2,1-2H3,(H,23,24,25)(H2,29,30,31)/t13-,14-,15-,18-,20?/m1/s1. The minimum absolute atomic E-state index is 0.0581. The number of hydrogen-bond acceptors (Lipinski definition) is 11. The van der Waals surface area contributed by atoms with E-state index in [1.165, 1.54) is 17.8 Å². The summed E-state index contributed by atoms with van der Waals surface area (Å²) in [5.74, 6) is -0.800. The second-order valence-corrected chi connectivity index (χ2v) is 14.3. The van der Waals surface area contributed by atoms with Gasteiger partial charge < -0.3 is 34.8 Å². The van der Waals surface area contributed by atoms with Crippen molar-refractivity contribution in [3.8, 4) is 0 Å². The molecule has 0 radical (unpaired) electrons. The molecule has 1 saturated carbocycles. The van der Waals surface area contributed by atoms with Crippen LogP contribution in [-0.4, -0.2) is 96.0 Å². The number of aliphatic hydroxyl groups excluding tert-OH is 2. The summed E-state index contributed by atoms with van der Waals surface area (Å²) in [6, 6.07) is 0.231. The Balaban J connectivity index is 1.55. The number of halogens is 1. The second-order valence-electron chi connectivity index (χ2n) is 9.55. The number of aromatic nitrogens is 4. The Morgan fingerprint density at radius 3 is 2.57 bits per heavy atom. The molecule has 0 amide bonds. The van der Waals surface area contributed by atoms with Gasteiger partial charge in [0.05, 0.1) is 23.9 Å². The van der Waals surface area contributed by atoms with Gasteiger partial charge in [-0.05, 0) is 31.4 Å². The molecule has 1 aliphatic carbocycles. The Morgan fingerprint density at radius 1 is 1.27 bits per heavy atom. The molecule has 3 heterocycles. The van der Waals surface area contributed by atoms with Crippen LogP contribution in [0.15, 0.2) is 6.20 Å². The lowest BCUT2D eigenvalue weighted by atomic mass is 10.1. The van der Waals surface area contributed by atoms with Crippen molar-refractivity contribution in [1.82, 2.24) is 19.7 Å². The molecule has 1 unspecified atom stereocenters. The normalized spacial score (nSPS) is 27.1. The van der Waals surface area contributed by atoms with E-state index in [4.69, 9.17) is 21.1 Å². The van der Waals surface area contributed by atoms with Gasteiger partial charge in [-0.15, -0.1) is 0 Å². The summed E-state index contributed by atoms with van der Waals surface area (Å²) < 4.78 is 48.6. The highest BCUT2D eigenvalue weighted by atomic mass is 35.5. The zero-order valence-corrected chi connectivity index (χ0v) is 22.7. The molecule has 5 atom stereocenters. The van der Waals surface area contributed by atoms with Crippen LogP contribution in [-0.2, 0) is 23.9 Å². The summed E-state index contributed by atoms with van der Waals surface area (Å²) in [5, 5.41) is 27.0. The molecule has 0 spiro atoms. The maximum atomic E-state index is 12.1. The van der Waals surface area contributed by atoms with Gasteiger partial charge in [-0.3, -0.25) is 4.57 Å². The molecule has 0 aromatic carbocycles. The largest absolute Gasteiger partial charge is 0.387 e. The van der Waals surface area contributed by atoms with E-state index in [2.05, 4.69) is 20.4 Å². The number of ether oxygens (including phenoxy) is 2. The average molecular weight is 584 g/mol. The van der Waals surface area contributed by atoms with Crippen LogP contribution in [0, 0.1) is 0 Å². The van der Waals surface area contributed by atoms with Gasteiger partial charge >= 0.3 is 7.60 Å². The van der Waals surface area contributed by atoms with Crippen molar-refractivity contribution in [2.45, 2.75) is 75.5 Å². The molecule has 0 bridgehead atoms. The Hall–Kier alpha value is -1.42. The van der Waals surface area contributed by atoms with Gasteiger partial charge in [-0.1, -0.05) is 19.8 Å². The van der Waals surface area contributed by atoms with Gasteiger partial charge in [-0.2, -0.15) is 15.1 Å². The molecule has 2 fully saturated rings. The number of nitrogens with one attached hydrogen (secondary N) is 1. The monoisotopic (exact) mass is 583 g/mol. The van der Waals surface area contributed by atoms with Crippen LogP contribution in [0.25, 0.3) is 11.0 Å². The van der Waals surface area contributed by atoms with E-state index in [0.29, 0.717) is 11.2 Å². The first-order chi connectivity index (χ1) is 17.2. The highest BCUT2D eigenvalue weighted by Crippen LogP contribution is 2.52. The van der Waals surface area contributed by atoms with E-state index < -0.39 is 59.7 Å². The molecular weight excluding hydrogens is 553 g/mol. The Bertz CT molecular complexity index is 1280. The van der Waals surface area contributed by atoms with Gasteiger partial charge in [0.2, 0.25) is 5.28 Å². The number of anilines is 1. The first-order valence-electron chi connectivity index (χ1n) is 11.8. The SMILES string of the molecule is CCS(=O)(=O)CC(C)(OC[C@H]1O[C@@H](n2ncc3c(NC4CCCC4)nc(Cl)nc32)[C@H](O)[C@@H]1O)P(=O)(O)O. The van der Waals surface area contributed by atoms with Crippen LogP contribution in [0.4, 0.5) is 5.82 Å². The summed E-state index contributed by atoms with van der Waals surface area (Å²) in [6.45, 7) is 1.72. The van der Waals surface area contributed by atoms with Gasteiger partial charge in [0.1, 0.15) is 24.1 Å². The third-order valence-electron chi connectivity index (χ3n) is 6.80. The second kappa shape index (κ2) is 10.6. The maximum absolute atomic E-state index is 12.1. The van der Waals surface area contributed by atoms with E-state index in [9.17, 15) is 33.0 Å².